The predicted octanol–water partition coefficient (Wildman–Crippen LogP) is 2.08. The van der Waals surface area contributed by atoms with Crippen molar-refractivity contribution in [2.75, 3.05) is 12.4 Å². The molecule has 0 aromatic heterocycles. The molecule has 0 bridgehead atoms. The first kappa shape index (κ1) is 19.9. The van der Waals surface area contributed by atoms with Gasteiger partial charge in [-0.15, -0.1) is 0 Å². The molecular weight excluding hydrogens is 291 g/mol. The van der Waals surface area contributed by atoms with E-state index in [1.807, 2.05) is 13.8 Å². The summed E-state index contributed by atoms with van der Waals surface area (Å²) in [5.41, 5.74) is 6.56. The molecule has 0 saturated carbocycles. The molecule has 0 aliphatic heterocycles. The van der Waals surface area contributed by atoms with Crippen LogP contribution in [-0.2, 0) is 16.0 Å². The molecule has 0 saturated heterocycles. The highest BCUT2D eigenvalue weighted by atomic mass is 19.1. The highest BCUT2D eigenvalue weighted by molar-refractivity contribution is 5.92. The molecule has 1 amide bonds. The van der Waals surface area contributed by atoms with E-state index in [0.29, 0.717) is 11.1 Å². The third-order valence-electron chi connectivity index (χ3n) is 2.86. The topological polar surface area (TPSA) is 102 Å². The summed E-state index contributed by atoms with van der Waals surface area (Å²) in [4.78, 5) is 22.0. The van der Waals surface area contributed by atoms with Crippen molar-refractivity contribution in [3.8, 4) is 5.75 Å². The van der Waals surface area contributed by atoms with E-state index in [0.717, 1.165) is 0 Å². The van der Waals surface area contributed by atoms with E-state index >= 15 is 0 Å². The van der Waals surface area contributed by atoms with E-state index < -0.39 is 17.8 Å². The number of nitrogens with one attached hydrogen (secondary N) is 1. The fourth-order valence-corrected chi connectivity index (χ4v) is 1.84. The quantitative estimate of drug-likeness (QED) is 0.772. The Morgan fingerprint density at radius 2 is 2.00 bits per heavy atom. The van der Waals surface area contributed by atoms with Gasteiger partial charge in [0.05, 0.1) is 12.8 Å². The average molecular weight is 314 g/mol. The van der Waals surface area contributed by atoms with Gasteiger partial charge in [0, 0.05) is 6.92 Å². The van der Waals surface area contributed by atoms with E-state index in [-0.39, 0.29) is 23.8 Å². The third-order valence-corrected chi connectivity index (χ3v) is 2.86. The average Bonchev–Trinajstić information content (AvgIpc) is 2.45. The molecule has 124 valence electrons. The SMILES string of the molecule is CC.COc1c(F)cc(CC(N)C(=O)O)c(C)c1NC(C)=O. The van der Waals surface area contributed by atoms with E-state index in [1.54, 1.807) is 6.92 Å². The Bertz CT molecular complexity index is 547. The van der Waals surface area contributed by atoms with Crippen LogP contribution in [-0.4, -0.2) is 30.1 Å². The van der Waals surface area contributed by atoms with Crippen LogP contribution >= 0.6 is 0 Å². The molecule has 1 rings (SSSR count). The van der Waals surface area contributed by atoms with Gasteiger partial charge in [0.1, 0.15) is 6.04 Å². The molecule has 4 N–H and O–H groups in total. The first-order valence-electron chi connectivity index (χ1n) is 6.89. The normalized spacial score (nSPS) is 11.0. The standard InChI is InChI=1S/C13H17FN2O4.C2H6/c1-6-8(5-10(15)13(18)19)4-9(14)12(20-3)11(6)16-7(2)17;1-2/h4,10H,5,15H2,1-3H3,(H,16,17)(H,18,19);1-2H3. The summed E-state index contributed by atoms with van der Waals surface area (Å²) in [5.74, 6) is -2.34. The molecule has 1 aromatic carbocycles. The number of carbonyl (C=O) groups is 2. The molecule has 1 atom stereocenters. The van der Waals surface area contributed by atoms with Gasteiger partial charge in [0.2, 0.25) is 5.91 Å². The van der Waals surface area contributed by atoms with Gasteiger partial charge in [-0.05, 0) is 30.5 Å². The molecular formula is C15H23FN2O4. The fourth-order valence-electron chi connectivity index (χ4n) is 1.84. The largest absolute Gasteiger partial charge is 0.492 e. The van der Waals surface area contributed by atoms with Crippen LogP contribution in [0.15, 0.2) is 6.07 Å². The van der Waals surface area contributed by atoms with Crippen molar-refractivity contribution >= 4 is 17.6 Å². The van der Waals surface area contributed by atoms with Crippen LogP contribution in [0.3, 0.4) is 0 Å². The lowest BCUT2D eigenvalue weighted by molar-refractivity contribution is -0.138. The van der Waals surface area contributed by atoms with Gasteiger partial charge in [-0.1, -0.05) is 13.8 Å². The highest BCUT2D eigenvalue weighted by Gasteiger charge is 2.20. The molecule has 6 nitrogen and oxygen atoms in total. The number of amides is 1. The minimum atomic E-state index is -1.18. The Kier molecular flexibility index (Phi) is 8.11. The molecule has 1 aromatic rings. The maximum atomic E-state index is 13.9. The van der Waals surface area contributed by atoms with Gasteiger partial charge in [0.25, 0.3) is 0 Å². The van der Waals surface area contributed by atoms with Gasteiger partial charge in [0.15, 0.2) is 11.6 Å². The molecule has 7 heteroatoms. The Hall–Kier alpha value is -2.15. The lowest BCUT2D eigenvalue weighted by Crippen LogP contribution is -2.32. The van der Waals surface area contributed by atoms with Crippen molar-refractivity contribution in [2.45, 2.75) is 40.2 Å². The summed E-state index contributed by atoms with van der Waals surface area (Å²) in [5, 5.41) is 11.3. The van der Waals surface area contributed by atoms with E-state index in [9.17, 15) is 14.0 Å². The van der Waals surface area contributed by atoms with Crippen LogP contribution in [0.5, 0.6) is 5.75 Å². The predicted molar refractivity (Wildman–Crippen MR) is 82.7 cm³/mol. The van der Waals surface area contributed by atoms with E-state index in [2.05, 4.69) is 5.32 Å². The van der Waals surface area contributed by atoms with Crippen LogP contribution in [0.4, 0.5) is 10.1 Å². The van der Waals surface area contributed by atoms with Crippen LogP contribution in [0.1, 0.15) is 31.9 Å². The zero-order chi connectivity index (χ0) is 17.4. The van der Waals surface area contributed by atoms with E-state index in [4.69, 9.17) is 15.6 Å². The van der Waals surface area contributed by atoms with Crippen molar-refractivity contribution in [3.63, 3.8) is 0 Å². The number of methoxy groups -OCH3 is 1. The number of benzene rings is 1. The van der Waals surface area contributed by atoms with Crippen molar-refractivity contribution < 1.29 is 23.8 Å². The minimum Gasteiger partial charge on any atom is -0.492 e. The monoisotopic (exact) mass is 314 g/mol. The van der Waals surface area contributed by atoms with Gasteiger partial charge in [-0.2, -0.15) is 0 Å². The van der Waals surface area contributed by atoms with Crippen molar-refractivity contribution in [3.05, 3.63) is 23.0 Å². The number of carbonyl (C=O) groups excluding carboxylic acids is 1. The zero-order valence-corrected chi connectivity index (χ0v) is 13.5. The third kappa shape index (κ3) is 5.00. The summed E-state index contributed by atoms with van der Waals surface area (Å²) >= 11 is 0. The second-order valence-corrected chi connectivity index (χ2v) is 4.38. The number of halogens is 1. The Morgan fingerprint density at radius 1 is 1.45 bits per heavy atom. The zero-order valence-electron chi connectivity index (χ0n) is 13.5. The van der Waals surface area contributed by atoms with Gasteiger partial charge in [-0.3, -0.25) is 9.59 Å². The lowest BCUT2D eigenvalue weighted by atomic mass is 9.99. The molecule has 0 heterocycles. The van der Waals surface area contributed by atoms with Crippen molar-refractivity contribution in [2.24, 2.45) is 5.73 Å². The molecule has 0 spiro atoms. The minimum absolute atomic E-state index is 0.0470. The Balaban J connectivity index is 0.00000211. The summed E-state index contributed by atoms with van der Waals surface area (Å²) in [6, 6.07) is 0.0223. The lowest BCUT2D eigenvalue weighted by Gasteiger charge is -2.17. The number of anilines is 1. The second-order valence-electron chi connectivity index (χ2n) is 4.38. The van der Waals surface area contributed by atoms with Gasteiger partial charge in [-0.25, -0.2) is 4.39 Å². The number of carboxylic acids is 1. The van der Waals surface area contributed by atoms with Crippen molar-refractivity contribution in [1.29, 1.82) is 0 Å². The molecule has 0 fully saturated rings. The number of hydrogen-bond donors (Lipinski definition) is 3. The van der Waals surface area contributed by atoms with Crippen molar-refractivity contribution in [1.82, 2.24) is 0 Å². The van der Waals surface area contributed by atoms with Gasteiger partial charge >= 0.3 is 5.97 Å². The number of aliphatic carboxylic acids is 1. The summed E-state index contributed by atoms with van der Waals surface area (Å²) in [7, 11) is 1.28. The van der Waals surface area contributed by atoms with Crippen LogP contribution < -0.4 is 15.8 Å². The molecule has 0 aliphatic carbocycles. The Labute approximate surface area is 129 Å². The number of ether oxygens (including phenoxy) is 1. The number of nitrogens with two attached hydrogens (primary N) is 1. The smallest absolute Gasteiger partial charge is 0.320 e. The molecule has 0 aliphatic rings. The number of rotatable bonds is 5. The molecule has 1 unspecified atom stereocenters. The summed E-state index contributed by atoms with van der Waals surface area (Å²) in [6.45, 7) is 6.92. The molecule has 0 radical (unpaired) electrons. The van der Waals surface area contributed by atoms with Gasteiger partial charge < -0.3 is 20.9 Å². The highest BCUT2D eigenvalue weighted by Crippen LogP contribution is 2.34. The second kappa shape index (κ2) is 8.99. The van der Waals surface area contributed by atoms with Crippen LogP contribution in [0.25, 0.3) is 0 Å². The number of hydrogen-bond acceptors (Lipinski definition) is 4. The first-order chi connectivity index (χ1) is 10.3. The maximum absolute atomic E-state index is 13.9. The number of carboxylic acid groups (broad SMARTS) is 1. The maximum Gasteiger partial charge on any atom is 0.320 e. The van der Waals surface area contributed by atoms with Crippen LogP contribution in [0.2, 0.25) is 0 Å². The Morgan fingerprint density at radius 3 is 2.41 bits per heavy atom. The summed E-state index contributed by atoms with van der Waals surface area (Å²) in [6.07, 6.45) is -0.0470. The van der Waals surface area contributed by atoms with Crippen LogP contribution in [0, 0.1) is 12.7 Å². The first-order valence-corrected chi connectivity index (χ1v) is 6.89. The molecule has 22 heavy (non-hydrogen) atoms. The summed E-state index contributed by atoms with van der Waals surface area (Å²) < 4.78 is 18.9. The van der Waals surface area contributed by atoms with E-state index in [1.165, 1.54) is 20.1 Å². The fraction of sp³-hybridized carbons (Fsp3) is 0.467.